The molecule has 0 aliphatic carbocycles. The van der Waals surface area contributed by atoms with E-state index in [4.69, 9.17) is 9.47 Å². The van der Waals surface area contributed by atoms with Crippen LogP contribution < -0.4 is 15.0 Å². The Kier molecular flexibility index (Phi) is 6.56. The number of aromatic nitrogens is 2. The van der Waals surface area contributed by atoms with Gasteiger partial charge in [0.2, 0.25) is 5.95 Å². The summed E-state index contributed by atoms with van der Waals surface area (Å²) in [5.74, 6) is 4.66. The van der Waals surface area contributed by atoms with Crippen LogP contribution in [-0.4, -0.2) is 65.4 Å². The van der Waals surface area contributed by atoms with Crippen LogP contribution in [0.15, 0.2) is 54.7 Å². The fourth-order valence-corrected chi connectivity index (χ4v) is 3.93. The highest BCUT2D eigenvalue weighted by molar-refractivity contribution is 6.03. The number of anilines is 1. The number of likely N-dealkylation sites (N-methyl/N-ethyl adjacent to an activating group) is 1. The zero-order chi connectivity index (χ0) is 26.0. The summed E-state index contributed by atoms with van der Waals surface area (Å²) in [5, 5.41) is 12.8. The van der Waals surface area contributed by atoms with Gasteiger partial charge >= 0.3 is 0 Å². The average molecular weight is 503 g/mol. The predicted octanol–water partition coefficient (Wildman–Crippen LogP) is 1.47. The van der Waals surface area contributed by atoms with Gasteiger partial charge < -0.3 is 24.8 Å². The number of nitrogens with one attached hydrogen (secondary N) is 1. The first-order chi connectivity index (χ1) is 17.8. The van der Waals surface area contributed by atoms with Crippen molar-refractivity contribution in [1.29, 1.82) is 0 Å². The van der Waals surface area contributed by atoms with Gasteiger partial charge in [0, 0.05) is 30.9 Å². The topological polar surface area (TPSA) is 114 Å². The molecule has 3 aromatic rings. The highest BCUT2D eigenvalue weighted by Gasteiger charge is 2.34. The Labute approximate surface area is 212 Å². The van der Waals surface area contributed by atoms with Crippen molar-refractivity contribution >= 4 is 17.5 Å². The molecular formula is C27H23FN4O5. The lowest BCUT2D eigenvalue weighted by atomic mass is 10.0. The van der Waals surface area contributed by atoms with Crippen molar-refractivity contribution in [2.24, 2.45) is 0 Å². The first kappa shape index (κ1) is 24.4. The van der Waals surface area contributed by atoms with Crippen molar-refractivity contribution in [2.75, 3.05) is 31.8 Å². The number of pyridine rings is 2. The first-order valence-corrected chi connectivity index (χ1v) is 11.5. The number of amides is 2. The second kappa shape index (κ2) is 9.97. The highest BCUT2D eigenvalue weighted by atomic mass is 19.1. The van der Waals surface area contributed by atoms with Crippen molar-refractivity contribution in [2.45, 2.75) is 18.1 Å². The van der Waals surface area contributed by atoms with Gasteiger partial charge in [-0.3, -0.25) is 14.6 Å². The number of aliphatic hydroxyl groups is 1. The lowest BCUT2D eigenvalue weighted by molar-refractivity contribution is -0.140. The van der Waals surface area contributed by atoms with Crippen LogP contribution in [0.2, 0.25) is 0 Å². The molecule has 5 rings (SSSR count). The number of nitrogens with zero attached hydrogens (tertiary/aromatic N) is 3. The molecule has 37 heavy (non-hydrogen) atoms. The average Bonchev–Trinajstić information content (AvgIpc) is 2.98. The number of ether oxygens (including phenoxy) is 2. The molecule has 2 amide bonds. The van der Waals surface area contributed by atoms with Gasteiger partial charge in [-0.05, 0) is 48.0 Å². The van der Waals surface area contributed by atoms with E-state index >= 15 is 0 Å². The van der Waals surface area contributed by atoms with Crippen LogP contribution >= 0.6 is 0 Å². The minimum atomic E-state index is -1.15. The monoisotopic (exact) mass is 502 g/mol. The Hall–Kier alpha value is -4.33. The van der Waals surface area contributed by atoms with E-state index in [1.54, 1.807) is 49.5 Å². The van der Waals surface area contributed by atoms with E-state index in [-0.39, 0.29) is 31.4 Å². The molecule has 2 N–H and O–H groups in total. The van der Waals surface area contributed by atoms with Crippen LogP contribution in [0.4, 0.5) is 10.1 Å². The van der Waals surface area contributed by atoms with E-state index in [1.165, 1.54) is 17.2 Å². The lowest BCUT2D eigenvalue weighted by Gasteiger charge is -2.30. The summed E-state index contributed by atoms with van der Waals surface area (Å²) in [4.78, 5) is 35.5. The summed E-state index contributed by atoms with van der Waals surface area (Å²) < 4.78 is 24.2. The molecule has 10 heteroatoms. The molecule has 2 aliphatic rings. The largest absolute Gasteiger partial charge is 0.489 e. The number of fused-ring (bicyclic) bond motifs is 1. The van der Waals surface area contributed by atoms with Gasteiger partial charge in [-0.2, -0.15) is 4.39 Å². The summed E-state index contributed by atoms with van der Waals surface area (Å²) in [5.41, 5.74) is 1.29. The van der Waals surface area contributed by atoms with Crippen molar-refractivity contribution in [3.05, 3.63) is 83.2 Å². The molecule has 1 saturated heterocycles. The van der Waals surface area contributed by atoms with Crippen molar-refractivity contribution in [1.82, 2.24) is 15.3 Å². The van der Waals surface area contributed by atoms with E-state index < -0.39 is 23.5 Å². The maximum atomic E-state index is 13.4. The van der Waals surface area contributed by atoms with Gasteiger partial charge in [0.05, 0.1) is 18.9 Å². The van der Waals surface area contributed by atoms with Crippen molar-refractivity contribution in [3.8, 4) is 17.6 Å². The third-order valence-corrected chi connectivity index (χ3v) is 6.00. The Bertz CT molecular complexity index is 1430. The second-order valence-electron chi connectivity index (χ2n) is 8.87. The second-order valence-corrected chi connectivity index (χ2v) is 8.87. The third-order valence-electron chi connectivity index (χ3n) is 6.00. The summed E-state index contributed by atoms with van der Waals surface area (Å²) >= 11 is 0. The Morgan fingerprint density at radius 3 is 2.86 bits per heavy atom. The van der Waals surface area contributed by atoms with E-state index in [1.807, 2.05) is 0 Å². The standard InChI is InChI=1S/C27H23FN4O5/c1-32-22-13-17(7-9-27(35)15-36-16-27)5-6-23(22)37-14-21(26(32)34)31-25(33)20-12-18(8-10-29-20)11-19-3-2-4-24(28)30-19/h2-6,8,10,12-13,21,35H,11,14-16H2,1H3,(H,31,33)/t21-/m1/s1. The van der Waals surface area contributed by atoms with Crippen LogP contribution in [-0.2, 0) is 16.0 Å². The quantitative estimate of drug-likeness (QED) is 0.410. The fourth-order valence-electron chi connectivity index (χ4n) is 3.93. The molecule has 0 radical (unpaired) electrons. The molecule has 1 fully saturated rings. The molecule has 1 aromatic carbocycles. The van der Waals surface area contributed by atoms with Gasteiger partial charge in [0.1, 0.15) is 24.1 Å². The molecule has 4 heterocycles. The molecule has 2 aliphatic heterocycles. The van der Waals surface area contributed by atoms with Gasteiger partial charge in [0.25, 0.3) is 11.8 Å². The summed E-state index contributed by atoms with van der Waals surface area (Å²) in [6, 6.07) is 12.0. The number of hydrogen-bond donors (Lipinski definition) is 2. The minimum absolute atomic E-state index is 0.0725. The molecule has 0 spiro atoms. The smallest absolute Gasteiger partial charge is 0.270 e. The van der Waals surface area contributed by atoms with Crippen LogP contribution in [0.1, 0.15) is 27.3 Å². The van der Waals surface area contributed by atoms with Crippen molar-refractivity contribution < 1.29 is 28.6 Å². The molecule has 1 atom stereocenters. The minimum Gasteiger partial charge on any atom is -0.489 e. The number of hydrogen-bond acceptors (Lipinski definition) is 7. The summed E-state index contributed by atoms with van der Waals surface area (Å²) in [7, 11) is 1.59. The summed E-state index contributed by atoms with van der Waals surface area (Å²) in [6.07, 6.45) is 1.80. The fraction of sp³-hybridized carbons (Fsp3) is 0.259. The number of halogens is 1. The van der Waals surface area contributed by atoms with Crippen LogP contribution in [0, 0.1) is 17.8 Å². The van der Waals surface area contributed by atoms with Gasteiger partial charge in [-0.1, -0.05) is 17.9 Å². The normalized spacial score (nSPS) is 17.9. The zero-order valence-corrected chi connectivity index (χ0v) is 19.9. The zero-order valence-electron chi connectivity index (χ0n) is 19.9. The Balaban J connectivity index is 1.29. The van der Waals surface area contributed by atoms with E-state index in [0.717, 1.165) is 5.56 Å². The van der Waals surface area contributed by atoms with Gasteiger partial charge in [0.15, 0.2) is 5.60 Å². The number of carbonyl (C=O) groups is 2. The van der Waals surface area contributed by atoms with E-state index in [9.17, 15) is 19.1 Å². The van der Waals surface area contributed by atoms with E-state index in [0.29, 0.717) is 29.1 Å². The molecule has 0 bridgehead atoms. The Morgan fingerprint density at radius 2 is 2.11 bits per heavy atom. The number of carbonyl (C=O) groups excluding carboxylic acids is 2. The van der Waals surface area contributed by atoms with Crippen LogP contribution in [0.3, 0.4) is 0 Å². The number of rotatable bonds is 4. The predicted molar refractivity (Wildman–Crippen MR) is 130 cm³/mol. The molecule has 0 saturated carbocycles. The maximum absolute atomic E-state index is 13.4. The molecular weight excluding hydrogens is 479 g/mol. The number of benzene rings is 1. The van der Waals surface area contributed by atoms with Crippen molar-refractivity contribution in [3.63, 3.8) is 0 Å². The molecule has 9 nitrogen and oxygen atoms in total. The molecule has 0 unspecified atom stereocenters. The van der Waals surface area contributed by atoms with Gasteiger partial charge in [-0.25, -0.2) is 4.98 Å². The van der Waals surface area contributed by atoms with Crippen LogP contribution in [0.5, 0.6) is 5.75 Å². The first-order valence-electron chi connectivity index (χ1n) is 11.5. The third kappa shape index (κ3) is 5.43. The highest BCUT2D eigenvalue weighted by Crippen LogP contribution is 2.31. The summed E-state index contributed by atoms with van der Waals surface area (Å²) in [6.45, 7) is 0.248. The molecule has 188 valence electrons. The Morgan fingerprint density at radius 1 is 1.27 bits per heavy atom. The van der Waals surface area contributed by atoms with Gasteiger partial charge in [-0.15, -0.1) is 0 Å². The molecule has 2 aromatic heterocycles. The SMILES string of the molecule is CN1C(=O)[C@H](NC(=O)c2cc(Cc3cccc(F)n3)ccn2)COc2ccc(C#CC3(O)COC3)cc21. The maximum Gasteiger partial charge on any atom is 0.270 e. The lowest BCUT2D eigenvalue weighted by Crippen LogP contribution is -2.49. The van der Waals surface area contributed by atoms with E-state index in [2.05, 4.69) is 27.1 Å². The van der Waals surface area contributed by atoms with Crippen LogP contribution in [0.25, 0.3) is 0 Å².